The summed E-state index contributed by atoms with van der Waals surface area (Å²) in [6.45, 7) is 6.77. The van der Waals surface area contributed by atoms with Crippen LogP contribution in [0.2, 0.25) is 0 Å². The SMILES string of the molecule is CC(C)(C)c1ccc(-c2cccc(-c3cccc(-c4cccc(-c5ccc(-c6cc[c-]c(-c7ccccn7)c6)cc5)c4)c3)c2)cc1.[Ir]. The van der Waals surface area contributed by atoms with E-state index in [1.165, 1.54) is 55.6 Å². The molecule has 1 heterocycles. The summed E-state index contributed by atoms with van der Waals surface area (Å²) in [5, 5.41) is 0. The monoisotopic (exact) mass is 783 g/mol. The molecule has 1 aromatic heterocycles. The van der Waals surface area contributed by atoms with Gasteiger partial charge in [-0.3, -0.25) is 0 Å². The fraction of sp³-hybridized carbons (Fsp3) is 0.0889. The van der Waals surface area contributed by atoms with Gasteiger partial charge in [0.15, 0.2) is 0 Å². The maximum atomic E-state index is 4.49. The van der Waals surface area contributed by atoms with Crippen molar-refractivity contribution < 1.29 is 20.1 Å². The van der Waals surface area contributed by atoms with Crippen molar-refractivity contribution in [2.75, 3.05) is 0 Å². The van der Waals surface area contributed by atoms with E-state index in [0.29, 0.717) is 0 Å². The molecule has 47 heavy (non-hydrogen) atoms. The molecule has 0 fully saturated rings. The molecule has 2 heteroatoms. The summed E-state index contributed by atoms with van der Waals surface area (Å²) < 4.78 is 0. The van der Waals surface area contributed by atoms with Crippen LogP contribution < -0.4 is 0 Å². The summed E-state index contributed by atoms with van der Waals surface area (Å²) in [4.78, 5) is 4.49. The Morgan fingerprint density at radius 2 is 0.851 bits per heavy atom. The van der Waals surface area contributed by atoms with Crippen molar-refractivity contribution in [3.63, 3.8) is 0 Å². The number of nitrogens with zero attached hydrogens (tertiary/aromatic N) is 1. The van der Waals surface area contributed by atoms with Gasteiger partial charge in [-0.15, -0.1) is 35.4 Å². The van der Waals surface area contributed by atoms with Crippen LogP contribution in [0.25, 0.3) is 66.9 Å². The second-order valence-corrected chi connectivity index (χ2v) is 12.9. The molecule has 1 radical (unpaired) electrons. The third kappa shape index (κ3) is 7.26. The van der Waals surface area contributed by atoms with Gasteiger partial charge in [-0.1, -0.05) is 136 Å². The van der Waals surface area contributed by atoms with E-state index in [0.717, 1.165) is 16.8 Å². The van der Waals surface area contributed by atoms with E-state index in [4.69, 9.17) is 0 Å². The molecular formula is C45H36IrN-. The smallest absolute Gasteiger partial charge is 0.0160 e. The van der Waals surface area contributed by atoms with E-state index in [-0.39, 0.29) is 25.5 Å². The molecular weight excluding hydrogens is 747 g/mol. The van der Waals surface area contributed by atoms with Gasteiger partial charge < -0.3 is 4.98 Å². The Morgan fingerprint density at radius 1 is 0.426 bits per heavy atom. The molecule has 0 aliphatic rings. The van der Waals surface area contributed by atoms with Crippen molar-refractivity contribution in [3.05, 3.63) is 176 Å². The first kappa shape index (κ1) is 32.1. The number of hydrogen-bond acceptors (Lipinski definition) is 1. The van der Waals surface area contributed by atoms with Gasteiger partial charge in [0, 0.05) is 26.3 Å². The van der Waals surface area contributed by atoms with Crippen LogP contribution in [0, 0.1) is 6.07 Å². The average molecular weight is 783 g/mol. The van der Waals surface area contributed by atoms with Gasteiger partial charge in [0.2, 0.25) is 0 Å². The Hall–Kier alpha value is -4.88. The zero-order chi connectivity index (χ0) is 31.5. The minimum Gasteiger partial charge on any atom is -0.305 e. The second-order valence-electron chi connectivity index (χ2n) is 12.9. The van der Waals surface area contributed by atoms with Gasteiger partial charge in [-0.2, -0.15) is 0 Å². The molecule has 0 aliphatic carbocycles. The van der Waals surface area contributed by atoms with Gasteiger partial charge in [-0.05, 0) is 91.0 Å². The van der Waals surface area contributed by atoms with Crippen LogP contribution >= 0.6 is 0 Å². The number of benzene rings is 6. The predicted molar refractivity (Wildman–Crippen MR) is 194 cm³/mol. The van der Waals surface area contributed by atoms with E-state index in [2.05, 4.69) is 165 Å². The van der Waals surface area contributed by atoms with Crippen LogP contribution in [0.3, 0.4) is 0 Å². The van der Waals surface area contributed by atoms with Gasteiger partial charge >= 0.3 is 0 Å². The van der Waals surface area contributed by atoms with Gasteiger partial charge in [-0.25, -0.2) is 0 Å². The zero-order valence-electron chi connectivity index (χ0n) is 26.9. The normalized spacial score (nSPS) is 11.1. The quantitative estimate of drug-likeness (QED) is 0.153. The van der Waals surface area contributed by atoms with Crippen LogP contribution in [-0.4, -0.2) is 4.98 Å². The maximum Gasteiger partial charge on any atom is 0.0160 e. The minimum atomic E-state index is 0. The Bertz CT molecular complexity index is 2100. The molecule has 231 valence electrons. The third-order valence-electron chi connectivity index (χ3n) is 8.63. The standard InChI is InChI=1S/C45H36N.Ir/c1-45(2,3)43-25-23-34(24-26-43)36-11-7-14-39(29-36)41-16-8-15-40(30-41)38-13-6-10-35(28-38)32-19-21-33(22-20-32)37-12-9-17-42(31-37)44-18-4-5-27-46-44;/h4-16,18-31H,1-3H3;/q-1;. The van der Waals surface area contributed by atoms with Crippen LogP contribution in [0.15, 0.2) is 164 Å². The van der Waals surface area contributed by atoms with E-state index in [9.17, 15) is 0 Å². The summed E-state index contributed by atoms with van der Waals surface area (Å²) in [6.07, 6.45) is 1.82. The maximum absolute atomic E-state index is 4.49. The van der Waals surface area contributed by atoms with E-state index in [1.807, 2.05) is 30.5 Å². The molecule has 7 rings (SSSR count). The average Bonchev–Trinajstić information content (AvgIpc) is 3.12. The van der Waals surface area contributed by atoms with Crippen molar-refractivity contribution in [1.82, 2.24) is 4.98 Å². The zero-order valence-corrected chi connectivity index (χ0v) is 29.3. The van der Waals surface area contributed by atoms with Crippen molar-refractivity contribution >= 4 is 0 Å². The molecule has 0 saturated carbocycles. The molecule has 0 N–H and O–H groups in total. The van der Waals surface area contributed by atoms with Gasteiger partial charge in [0.25, 0.3) is 0 Å². The Labute approximate surface area is 292 Å². The summed E-state index contributed by atoms with van der Waals surface area (Å²) >= 11 is 0. The summed E-state index contributed by atoms with van der Waals surface area (Å²) in [5.41, 5.74) is 15.5. The number of pyridine rings is 1. The largest absolute Gasteiger partial charge is 0.305 e. The minimum absolute atomic E-state index is 0. The molecule has 6 aromatic carbocycles. The Morgan fingerprint density at radius 3 is 1.28 bits per heavy atom. The molecule has 0 atom stereocenters. The van der Waals surface area contributed by atoms with E-state index in [1.54, 1.807) is 0 Å². The van der Waals surface area contributed by atoms with Crippen molar-refractivity contribution in [3.8, 4) is 66.9 Å². The fourth-order valence-corrected chi connectivity index (χ4v) is 5.97. The van der Waals surface area contributed by atoms with Crippen LogP contribution in [0.1, 0.15) is 26.3 Å². The topological polar surface area (TPSA) is 12.9 Å². The van der Waals surface area contributed by atoms with Gasteiger partial charge in [0.1, 0.15) is 0 Å². The van der Waals surface area contributed by atoms with Gasteiger partial charge in [0.05, 0.1) is 0 Å². The molecule has 0 bridgehead atoms. The molecule has 7 aromatic rings. The van der Waals surface area contributed by atoms with Crippen molar-refractivity contribution in [1.29, 1.82) is 0 Å². The van der Waals surface area contributed by atoms with Crippen molar-refractivity contribution in [2.24, 2.45) is 0 Å². The Balaban J connectivity index is 0.00000386. The number of hydrogen-bond donors (Lipinski definition) is 0. The molecule has 1 nitrogen and oxygen atoms in total. The summed E-state index contributed by atoms with van der Waals surface area (Å²) in [5.74, 6) is 0. The molecule has 0 saturated heterocycles. The molecule has 0 amide bonds. The van der Waals surface area contributed by atoms with E-state index < -0.39 is 0 Å². The number of aromatic nitrogens is 1. The molecule has 0 aliphatic heterocycles. The van der Waals surface area contributed by atoms with Crippen LogP contribution in [0.5, 0.6) is 0 Å². The number of rotatable bonds is 6. The summed E-state index contributed by atoms with van der Waals surface area (Å²) in [7, 11) is 0. The first-order valence-electron chi connectivity index (χ1n) is 15.9. The Kier molecular flexibility index (Phi) is 9.45. The van der Waals surface area contributed by atoms with Crippen LogP contribution in [0.4, 0.5) is 0 Å². The predicted octanol–water partition coefficient (Wildman–Crippen LogP) is 12.2. The molecule has 0 unspecified atom stereocenters. The first-order chi connectivity index (χ1) is 22.4. The van der Waals surface area contributed by atoms with E-state index >= 15 is 0 Å². The fourth-order valence-electron chi connectivity index (χ4n) is 5.97. The molecule has 0 spiro atoms. The second kappa shape index (κ2) is 13.9. The van der Waals surface area contributed by atoms with Crippen LogP contribution in [-0.2, 0) is 25.5 Å². The third-order valence-corrected chi connectivity index (χ3v) is 8.63. The summed E-state index contributed by atoms with van der Waals surface area (Å²) in [6, 6.07) is 59.9. The first-order valence-corrected chi connectivity index (χ1v) is 15.9. The van der Waals surface area contributed by atoms with Crippen molar-refractivity contribution in [2.45, 2.75) is 26.2 Å².